The fourth-order valence-electron chi connectivity index (χ4n) is 2.09. The van der Waals surface area contributed by atoms with Crippen molar-refractivity contribution in [1.82, 2.24) is 4.98 Å². The molecule has 0 bridgehead atoms. The van der Waals surface area contributed by atoms with E-state index in [9.17, 15) is 4.79 Å². The van der Waals surface area contributed by atoms with Crippen molar-refractivity contribution in [2.24, 2.45) is 0 Å². The summed E-state index contributed by atoms with van der Waals surface area (Å²) in [6.07, 6.45) is 3.32. The molecule has 0 atom stereocenters. The molecule has 0 aliphatic rings. The van der Waals surface area contributed by atoms with Gasteiger partial charge in [-0.05, 0) is 32.4 Å². The Hall–Kier alpha value is -1.77. The first kappa shape index (κ1) is 12.7. The van der Waals surface area contributed by atoms with Gasteiger partial charge in [0.25, 0.3) is 0 Å². The molecule has 3 heteroatoms. The van der Waals surface area contributed by atoms with E-state index in [0.717, 1.165) is 28.6 Å². The van der Waals surface area contributed by atoms with E-state index in [4.69, 9.17) is 4.74 Å². The maximum Gasteiger partial charge on any atom is 0.165 e. The minimum atomic E-state index is 0.0969. The molecule has 0 radical (unpaired) electrons. The van der Waals surface area contributed by atoms with Crippen LogP contribution in [0.2, 0.25) is 0 Å². The number of ether oxygens (including phenoxy) is 1. The Morgan fingerprint density at radius 1 is 1.39 bits per heavy atom. The Labute approximate surface area is 107 Å². The SMILES string of the molecule is CCCC(=O)c1c[nH]c2cccc(OC(C)C)c12. The molecule has 96 valence electrons. The number of ketones is 1. The molecule has 1 aromatic carbocycles. The maximum atomic E-state index is 12.1. The molecule has 0 fully saturated rings. The number of aromatic amines is 1. The van der Waals surface area contributed by atoms with Crippen LogP contribution in [0.1, 0.15) is 44.0 Å². The third-order valence-corrected chi connectivity index (χ3v) is 2.81. The average Bonchev–Trinajstić information content (AvgIpc) is 2.73. The molecule has 2 rings (SSSR count). The highest BCUT2D eigenvalue weighted by Crippen LogP contribution is 2.30. The van der Waals surface area contributed by atoms with Crippen molar-refractivity contribution in [2.75, 3.05) is 0 Å². The van der Waals surface area contributed by atoms with E-state index in [1.54, 1.807) is 6.20 Å². The molecule has 0 amide bonds. The van der Waals surface area contributed by atoms with Crippen molar-refractivity contribution in [2.45, 2.75) is 39.7 Å². The van der Waals surface area contributed by atoms with Crippen molar-refractivity contribution >= 4 is 16.7 Å². The number of carbonyl (C=O) groups excluding carboxylic acids is 1. The van der Waals surface area contributed by atoms with Gasteiger partial charge in [0.05, 0.1) is 11.5 Å². The van der Waals surface area contributed by atoms with E-state index in [1.165, 1.54) is 0 Å². The zero-order chi connectivity index (χ0) is 13.1. The Balaban J connectivity index is 2.51. The van der Waals surface area contributed by atoms with Gasteiger partial charge in [-0.25, -0.2) is 0 Å². The van der Waals surface area contributed by atoms with Crippen LogP contribution >= 0.6 is 0 Å². The molecule has 0 aliphatic heterocycles. The lowest BCUT2D eigenvalue weighted by Crippen LogP contribution is -2.06. The van der Waals surface area contributed by atoms with Crippen molar-refractivity contribution < 1.29 is 9.53 Å². The highest BCUT2D eigenvalue weighted by Gasteiger charge is 2.15. The number of nitrogens with one attached hydrogen (secondary N) is 1. The fraction of sp³-hybridized carbons (Fsp3) is 0.400. The largest absolute Gasteiger partial charge is 0.490 e. The zero-order valence-electron chi connectivity index (χ0n) is 11.1. The first-order valence-corrected chi connectivity index (χ1v) is 6.43. The summed E-state index contributed by atoms with van der Waals surface area (Å²) in [6.45, 7) is 5.98. The van der Waals surface area contributed by atoms with Crippen LogP contribution in [0.3, 0.4) is 0 Å². The molecule has 1 heterocycles. The standard InChI is InChI=1S/C15H19NO2/c1-4-6-13(17)11-9-16-12-7-5-8-14(15(11)12)18-10(2)3/h5,7-10,16H,4,6H2,1-3H3. The summed E-state index contributed by atoms with van der Waals surface area (Å²) in [4.78, 5) is 15.2. The zero-order valence-corrected chi connectivity index (χ0v) is 11.1. The summed E-state index contributed by atoms with van der Waals surface area (Å²) in [5.41, 5.74) is 1.69. The summed E-state index contributed by atoms with van der Waals surface area (Å²) < 4.78 is 5.78. The molecule has 1 aromatic heterocycles. The first-order valence-electron chi connectivity index (χ1n) is 6.43. The fourth-order valence-corrected chi connectivity index (χ4v) is 2.09. The van der Waals surface area contributed by atoms with Crippen molar-refractivity contribution in [3.05, 3.63) is 30.0 Å². The van der Waals surface area contributed by atoms with Gasteiger partial charge >= 0.3 is 0 Å². The molecule has 0 aliphatic carbocycles. The van der Waals surface area contributed by atoms with Gasteiger partial charge in [0.1, 0.15) is 5.75 Å². The monoisotopic (exact) mass is 245 g/mol. The highest BCUT2D eigenvalue weighted by molar-refractivity contribution is 6.09. The third kappa shape index (κ3) is 2.40. The third-order valence-electron chi connectivity index (χ3n) is 2.81. The molecule has 1 N–H and O–H groups in total. The minimum absolute atomic E-state index is 0.0969. The van der Waals surface area contributed by atoms with E-state index in [1.807, 2.05) is 39.0 Å². The summed E-state index contributed by atoms with van der Waals surface area (Å²) in [7, 11) is 0. The van der Waals surface area contributed by atoms with Gasteiger partial charge in [-0.1, -0.05) is 13.0 Å². The summed E-state index contributed by atoms with van der Waals surface area (Å²) >= 11 is 0. The lowest BCUT2D eigenvalue weighted by Gasteiger charge is -2.11. The molecule has 0 spiro atoms. The van der Waals surface area contributed by atoms with Gasteiger partial charge in [0.2, 0.25) is 0 Å². The molecule has 0 saturated heterocycles. The number of hydrogen-bond donors (Lipinski definition) is 1. The Kier molecular flexibility index (Phi) is 3.70. The van der Waals surface area contributed by atoms with Gasteiger partial charge in [0.15, 0.2) is 5.78 Å². The number of carbonyl (C=O) groups is 1. The Bertz CT molecular complexity index is 555. The van der Waals surface area contributed by atoms with E-state index >= 15 is 0 Å². The number of hydrogen-bond acceptors (Lipinski definition) is 2. The topological polar surface area (TPSA) is 42.1 Å². The van der Waals surface area contributed by atoms with Gasteiger partial charge in [0, 0.05) is 23.7 Å². The molecule has 0 saturated carbocycles. The molecule has 0 unspecified atom stereocenters. The van der Waals surface area contributed by atoms with Crippen molar-refractivity contribution in [3.63, 3.8) is 0 Å². The van der Waals surface area contributed by atoms with Crippen LogP contribution in [0.15, 0.2) is 24.4 Å². The smallest absolute Gasteiger partial charge is 0.165 e. The van der Waals surface area contributed by atoms with E-state index in [0.29, 0.717) is 6.42 Å². The summed E-state index contributed by atoms with van der Waals surface area (Å²) in [6, 6.07) is 5.81. The maximum absolute atomic E-state index is 12.1. The second-order valence-electron chi connectivity index (χ2n) is 4.72. The predicted octanol–water partition coefficient (Wildman–Crippen LogP) is 3.94. The number of aromatic nitrogens is 1. The highest BCUT2D eigenvalue weighted by atomic mass is 16.5. The minimum Gasteiger partial charge on any atom is -0.490 e. The number of H-pyrrole nitrogens is 1. The quantitative estimate of drug-likeness (QED) is 0.811. The summed E-state index contributed by atoms with van der Waals surface area (Å²) in [5, 5.41) is 0.907. The predicted molar refractivity (Wildman–Crippen MR) is 73.3 cm³/mol. The normalized spacial score (nSPS) is 11.1. The number of benzene rings is 1. The lowest BCUT2D eigenvalue weighted by molar-refractivity contribution is 0.0983. The second kappa shape index (κ2) is 5.25. The van der Waals surface area contributed by atoms with E-state index < -0.39 is 0 Å². The van der Waals surface area contributed by atoms with Gasteiger partial charge in [-0.3, -0.25) is 4.79 Å². The molecule has 18 heavy (non-hydrogen) atoms. The van der Waals surface area contributed by atoms with Crippen molar-refractivity contribution in [1.29, 1.82) is 0 Å². The Morgan fingerprint density at radius 3 is 2.83 bits per heavy atom. The lowest BCUT2D eigenvalue weighted by atomic mass is 10.1. The number of rotatable bonds is 5. The average molecular weight is 245 g/mol. The molecular weight excluding hydrogens is 226 g/mol. The van der Waals surface area contributed by atoms with Gasteiger partial charge in [-0.15, -0.1) is 0 Å². The van der Waals surface area contributed by atoms with Crippen LogP contribution in [-0.2, 0) is 0 Å². The van der Waals surface area contributed by atoms with Crippen LogP contribution in [0, 0.1) is 0 Å². The number of Topliss-reactive ketones (excluding diaryl/α,β-unsaturated/α-hetero) is 1. The van der Waals surface area contributed by atoms with Gasteiger partial charge < -0.3 is 9.72 Å². The van der Waals surface area contributed by atoms with E-state index in [-0.39, 0.29) is 11.9 Å². The molecule has 3 nitrogen and oxygen atoms in total. The van der Waals surface area contributed by atoms with E-state index in [2.05, 4.69) is 4.98 Å². The summed E-state index contributed by atoms with van der Waals surface area (Å²) in [5.74, 6) is 0.951. The van der Waals surface area contributed by atoms with Crippen LogP contribution in [0.25, 0.3) is 10.9 Å². The Morgan fingerprint density at radius 2 is 2.17 bits per heavy atom. The second-order valence-corrected chi connectivity index (χ2v) is 4.72. The molecular formula is C15H19NO2. The van der Waals surface area contributed by atoms with Crippen LogP contribution in [0.4, 0.5) is 0 Å². The number of fused-ring (bicyclic) bond motifs is 1. The molecule has 2 aromatic rings. The van der Waals surface area contributed by atoms with Crippen LogP contribution in [0.5, 0.6) is 5.75 Å². The van der Waals surface area contributed by atoms with Crippen molar-refractivity contribution in [3.8, 4) is 5.75 Å². The van der Waals surface area contributed by atoms with Crippen LogP contribution in [-0.4, -0.2) is 16.9 Å². The first-order chi connectivity index (χ1) is 8.63. The van der Waals surface area contributed by atoms with Crippen LogP contribution < -0.4 is 4.74 Å². The van der Waals surface area contributed by atoms with Gasteiger partial charge in [-0.2, -0.15) is 0 Å².